The molecular weight excluding hydrogens is 150 g/mol. The van der Waals surface area contributed by atoms with E-state index in [0.29, 0.717) is 12.1 Å². The Labute approximate surface area is 73.6 Å². The third kappa shape index (κ3) is 1.08. The van der Waals surface area contributed by atoms with Gasteiger partial charge in [0.05, 0.1) is 0 Å². The molecule has 2 atom stereocenters. The van der Waals surface area contributed by atoms with Crippen LogP contribution >= 0.6 is 0 Å². The second-order valence-corrected chi connectivity index (χ2v) is 3.80. The van der Waals surface area contributed by atoms with Gasteiger partial charge in [-0.05, 0) is 32.1 Å². The molecule has 2 aliphatic heterocycles. The molecule has 2 N–H and O–H groups in total. The topological polar surface area (TPSA) is 41.6 Å². The predicted molar refractivity (Wildman–Crippen MR) is 50.0 cm³/mol. The zero-order valence-corrected chi connectivity index (χ0v) is 7.66. The monoisotopic (exact) mass is 167 g/mol. The standard InChI is InChI=1S/C9H17N3/c1-11-9(10)12-7-3-2-4-8(12)6-5-7/h7-8H,2-6H2,1H3,(H2,10,11). The maximum atomic E-state index is 5.84. The van der Waals surface area contributed by atoms with Gasteiger partial charge in [0.25, 0.3) is 0 Å². The summed E-state index contributed by atoms with van der Waals surface area (Å²) in [6.07, 6.45) is 6.64. The van der Waals surface area contributed by atoms with E-state index in [1.165, 1.54) is 32.1 Å². The summed E-state index contributed by atoms with van der Waals surface area (Å²) in [5.74, 6) is 0.752. The molecule has 0 radical (unpaired) electrons. The molecule has 2 aliphatic rings. The summed E-state index contributed by atoms with van der Waals surface area (Å²) in [4.78, 5) is 6.41. The van der Waals surface area contributed by atoms with E-state index < -0.39 is 0 Å². The highest BCUT2D eigenvalue weighted by Crippen LogP contribution is 2.34. The first-order valence-corrected chi connectivity index (χ1v) is 4.83. The van der Waals surface area contributed by atoms with Crippen molar-refractivity contribution in [1.82, 2.24) is 4.90 Å². The van der Waals surface area contributed by atoms with Crippen LogP contribution in [0, 0.1) is 0 Å². The Morgan fingerprint density at radius 3 is 2.33 bits per heavy atom. The number of nitrogens with zero attached hydrogens (tertiary/aromatic N) is 2. The van der Waals surface area contributed by atoms with Crippen molar-refractivity contribution >= 4 is 5.96 Å². The SMILES string of the molecule is CN=C(N)N1C2CCCC1CC2. The third-order valence-electron chi connectivity index (χ3n) is 3.19. The molecule has 68 valence electrons. The van der Waals surface area contributed by atoms with Gasteiger partial charge >= 0.3 is 0 Å². The molecule has 2 rings (SSSR count). The Morgan fingerprint density at radius 1 is 1.25 bits per heavy atom. The highest BCUT2D eigenvalue weighted by Gasteiger charge is 2.37. The van der Waals surface area contributed by atoms with Crippen LogP contribution in [-0.4, -0.2) is 30.0 Å². The van der Waals surface area contributed by atoms with Crippen LogP contribution in [0.25, 0.3) is 0 Å². The van der Waals surface area contributed by atoms with Crippen molar-refractivity contribution in [2.45, 2.75) is 44.2 Å². The van der Waals surface area contributed by atoms with Gasteiger partial charge < -0.3 is 10.6 Å². The molecule has 3 heteroatoms. The van der Waals surface area contributed by atoms with Crippen LogP contribution in [-0.2, 0) is 0 Å². The molecule has 2 bridgehead atoms. The normalized spacial score (nSPS) is 35.8. The lowest BCUT2D eigenvalue weighted by Gasteiger charge is -2.35. The number of rotatable bonds is 0. The molecule has 12 heavy (non-hydrogen) atoms. The van der Waals surface area contributed by atoms with Crippen LogP contribution in [0.15, 0.2) is 4.99 Å². The Bertz CT molecular complexity index is 184. The largest absolute Gasteiger partial charge is 0.370 e. The Morgan fingerprint density at radius 2 is 1.83 bits per heavy atom. The van der Waals surface area contributed by atoms with Crippen LogP contribution in [0.4, 0.5) is 0 Å². The maximum absolute atomic E-state index is 5.84. The van der Waals surface area contributed by atoms with E-state index in [2.05, 4.69) is 9.89 Å². The first-order valence-electron chi connectivity index (χ1n) is 4.83. The van der Waals surface area contributed by atoms with Gasteiger partial charge in [0.1, 0.15) is 0 Å². The van der Waals surface area contributed by atoms with Crippen LogP contribution in [0.5, 0.6) is 0 Å². The van der Waals surface area contributed by atoms with Gasteiger partial charge in [-0.1, -0.05) is 0 Å². The fourth-order valence-corrected chi connectivity index (χ4v) is 2.61. The Kier molecular flexibility index (Phi) is 1.95. The molecule has 2 saturated heterocycles. The summed E-state index contributed by atoms with van der Waals surface area (Å²) in [5, 5.41) is 0. The van der Waals surface area contributed by atoms with E-state index in [1.807, 2.05) is 0 Å². The molecule has 0 aromatic heterocycles. The quantitative estimate of drug-likeness (QED) is 0.431. The lowest BCUT2D eigenvalue weighted by Crippen LogP contribution is -2.47. The minimum absolute atomic E-state index is 0.701. The molecule has 3 nitrogen and oxygen atoms in total. The lowest BCUT2D eigenvalue weighted by atomic mass is 10.0. The number of nitrogens with two attached hydrogens (primary N) is 1. The molecule has 2 unspecified atom stereocenters. The van der Waals surface area contributed by atoms with Gasteiger partial charge in [0, 0.05) is 19.1 Å². The van der Waals surface area contributed by atoms with E-state index in [-0.39, 0.29) is 0 Å². The number of hydrogen-bond acceptors (Lipinski definition) is 1. The maximum Gasteiger partial charge on any atom is 0.191 e. The smallest absolute Gasteiger partial charge is 0.191 e. The van der Waals surface area contributed by atoms with Crippen LogP contribution in [0.2, 0.25) is 0 Å². The first kappa shape index (κ1) is 7.90. The molecule has 0 aromatic carbocycles. The molecule has 2 heterocycles. The summed E-state index contributed by atoms with van der Waals surface area (Å²) in [6, 6.07) is 1.40. The van der Waals surface area contributed by atoms with Gasteiger partial charge in [0.2, 0.25) is 0 Å². The molecular formula is C9H17N3. The van der Waals surface area contributed by atoms with Crippen molar-refractivity contribution in [1.29, 1.82) is 0 Å². The van der Waals surface area contributed by atoms with Crippen molar-refractivity contribution in [3.05, 3.63) is 0 Å². The summed E-state index contributed by atoms with van der Waals surface area (Å²) < 4.78 is 0. The minimum atomic E-state index is 0.701. The van der Waals surface area contributed by atoms with Crippen molar-refractivity contribution in [3.63, 3.8) is 0 Å². The van der Waals surface area contributed by atoms with Crippen LogP contribution in [0.3, 0.4) is 0 Å². The second-order valence-electron chi connectivity index (χ2n) is 3.80. The molecule has 0 aromatic rings. The van der Waals surface area contributed by atoms with E-state index in [1.54, 1.807) is 7.05 Å². The van der Waals surface area contributed by atoms with Crippen molar-refractivity contribution < 1.29 is 0 Å². The number of aliphatic imine (C=N–C) groups is 1. The summed E-state index contributed by atoms with van der Waals surface area (Å²) in [6.45, 7) is 0. The van der Waals surface area contributed by atoms with E-state index in [9.17, 15) is 0 Å². The third-order valence-corrected chi connectivity index (χ3v) is 3.19. The molecule has 0 amide bonds. The summed E-state index contributed by atoms with van der Waals surface area (Å²) in [7, 11) is 1.78. The van der Waals surface area contributed by atoms with Crippen molar-refractivity contribution in [2.75, 3.05) is 7.05 Å². The average Bonchev–Trinajstić information content (AvgIpc) is 2.35. The molecule has 0 spiro atoms. The fraction of sp³-hybridized carbons (Fsp3) is 0.889. The predicted octanol–water partition coefficient (Wildman–Crippen LogP) is 0.948. The van der Waals surface area contributed by atoms with Crippen molar-refractivity contribution in [2.24, 2.45) is 10.7 Å². The van der Waals surface area contributed by atoms with Crippen LogP contribution < -0.4 is 5.73 Å². The zero-order chi connectivity index (χ0) is 8.55. The Hall–Kier alpha value is -0.730. The molecule has 0 saturated carbocycles. The molecule has 2 fully saturated rings. The van der Waals surface area contributed by atoms with Gasteiger partial charge in [-0.25, -0.2) is 0 Å². The minimum Gasteiger partial charge on any atom is -0.370 e. The zero-order valence-electron chi connectivity index (χ0n) is 7.66. The fourth-order valence-electron chi connectivity index (χ4n) is 2.61. The number of guanidine groups is 1. The van der Waals surface area contributed by atoms with E-state index >= 15 is 0 Å². The van der Waals surface area contributed by atoms with Gasteiger partial charge in [-0.3, -0.25) is 4.99 Å². The number of piperidine rings is 1. The van der Waals surface area contributed by atoms with E-state index in [0.717, 1.165) is 5.96 Å². The second kappa shape index (κ2) is 2.96. The van der Waals surface area contributed by atoms with E-state index in [4.69, 9.17) is 5.73 Å². The number of fused-ring (bicyclic) bond motifs is 2. The highest BCUT2D eigenvalue weighted by atomic mass is 15.3. The average molecular weight is 167 g/mol. The molecule has 0 aliphatic carbocycles. The van der Waals surface area contributed by atoms with Gasteiger partial charge in [-0.15, -0.1) is 0 Å². The first-order chi connectivity index (χ1) is 5.83. The van der Waals surface area contributed by atoms with Crippen molar-refractivity contribution in [3.8, 4) is 0 Å². The summed E-state index contributed by atoms with van der Waals surface area (Å²) >= 11 is 0. The van der Waals surface area contributed by atoms with Gasteiger partial charge in [-0.2, -0.15) is 0 Å². The lowest BCUT2D eigenvalue weighted by molar-refractivity contribution is 0.233. The number of hydrogen-bond donors (Lipinski definition) is 1. The van der Waals surface area contributed by atoms with Gasteiger partial charge in [0.15, 0.2) is 5.96 Å². The van der Waals surface area contributed by atoms with Crippen LogP contribution in [0.1, 0.15) is 32.1 Å². The Balaban J connectivity index is 2.15. The summed E-state index contributed by atoms with van der Waals surface area (Å²) in [5.41, 5.74) is 5.84. The highest BCUT2D eigenvalue weighted by molar-refractivity contribution is 5.79.